The number of benzene rings is 1. The van der Waals surface area contributed by atoms with Crippen LogP contribution in [-0.2, 0) is 6.42 Å². The first-order valence-corrected chi connectivity index (χ1v) is 5.18. The molecule has 2 aromatic rings. The van der Waals surface area contributed by atoms with E-state index in [1.54, 1.807) is 12.3 Å². The highest BCUT2D eigenvalue weighted by molar-refractivity contribution is 6.31. The number of hydrogen-bond donors (Lipinski definition) is 1. The van der Waals surface area contributed by atoms with E-state index in [-0.39, 0.29) is 5.02 Å². The van der Waals surface area contributed by atoms with Gasteiger partial charge in [0.15, 0.2) is 0 Å². The van der Waals surface area contributed by atoms with Crippen LogP contribution in [0.15, 0.2) is 41.2 Å². The molecule has 1 heterocycles. The van der Waals surface area contributed by atoms with Crippen LogP contribution < -0.4 is 0 Å². The second kappa shape index (κ2) is 4.68. The van der Waals surface area contributed by atoms with Gasteiger partial charge in [0.2, 0.25) is 0 Å². The summed E-state index contributed by atoms with van der Waals surface area (Å²) in [7, 11) is 0. The van der Waals surface area contributed by atoms with Crippen LogP contribution in [0.4, 0.5) is 4.39 Å². The molecule has 0 radical (unpaired) electrons. The van der Waals surface area contributed by atoms with Crippen molar-refractivity contribution in [3.8, 4) is 0 Å². The molecule has 4 heteroatoms. The van der Waals surface area contributed by atoms with E-state index in [0.717, 1.165) is 5.56 Å². The largest absolute Gasteiger partial charge is 0.472 e. The maximum absolute atomic E-state index is 12.8. The van der Waals surface area contributed by atoms with E-state index >= 15 is 0 Å². The second-order valence-electron chi connectivity index (χ2n) is 3.52. The lowest BCUT2D eigenvalue weighted by atomic mass is 10.0. The minimum Gasteiger partial charge on any atom is -0.472 e. The van der Waals surface area contributed by atoms with Crippen molar-refractivity contribution < 1.29 is 13.9 Å². The van der Waals surface area contributed by atoms with Crippen molar-refractivity contribution in [1.29, 1.82) is 0 Å². The Morgan fingerprint density at radius 2 is 2.19 bits per heavy atom. The first kappa shape index (κ1) is 11.2. The van der Waals surface area contributed by atoms with Crippen molar-refractivity contribution in [3.63, 3.8) is 0 Å². The van der Waals surface area contributed by atoms with Crippen molar-refractivity contribution >= 4 is 11.6 Å². The van der Waals surface area contributed by atoms with Gasteiger partial charge in [0.05, 0.1) is 18.6 Å². The number of aliphatic hydroxyl groups is 1. The Bertz CT molecular complexity index is 468. The summed E-state index contributed by atoms with van der Waals surface area (Å²) >= 11 is 5.84. The molecule has 0 aliphatic heterocycles. The predicted octanol–water partition coefficient (Wildman–Crippen LogP) is 3.35. The molecule has 16 heavy (non-hydrogen) atoms. The third kappa shape index (κ3) is 2.43. The average molecular weight is 241 g/mol. The maximum Gasteiger partial charge on any atom is 0.124 e. The van der Waals surface area contributed by atoms with E-state index in [0.29, 0.717) is 12.0 Å². The molecule has 0 fully saturated rings. The highest BCUT2D eigenvalue weighted by Gasteiger charge is 2.13. The average Bonchev–Trinajstić information content (AvgIpc) is 2.70. The normalized spacial score (nSPS) is 12.7. The predicted molar refractivity (Wildman–Crippen MR) is 58.8 cm³/mol. The van der Waals surface area contributed by atoms with Crippen LogP contribution in [0, 0.1) is 5.82 Å². The molecule has 0 amide bonds. The molecular formula is C12H10ClFO2. The molecule has 1 aromatic carbocycles. The van der Waals surface area contributed by atoms with Gasteiger partial charge in [-0.3, -0.25) is 0 Å². The summed E-state index contributed by atoms with van der Waals surface area (Å²) in [5, 5.41) is 10.1. The Hall–Kier alpha value is -1.32. The fourth-order valence-corrected chi connectivity index (χ4v) is 1.81. The molecule has 2 nitrogen and oxygen atoms in total. The van der Waals surface area contributed by atoms with Crippen LogP contribution in [0.5, 0.6) is 0 Å². The maximum atomic E-state index is 12.8. The quantitative estimate of drug-likeness (QED) is 0.893. The molecule has 1 aromatic heterocycles. The van der Waals surface area contributed by atoms with E-state index in [4.69, 9.17) is 16.0 Å². The van der Waals surface area contributed by atoms with Crippen LogP contribution in [-0.4, -0.2) is 5.11 Å². The van der Waals surface area contributed by atoms with Crippen molar-refractivity contribution in [2.75, 3.05) is 0 Å². The monoisotopic (exact) mass is 240 g/mol. The molecule has 84 valence electrons. The SMILES string of the molecule is OC(Cc1ccoc1)c1ccc(F)cc1Cl. The van der Waals surface area contributed by atoms with Crippen molar-refractivity contribution in [1.82, 2.24) is 0 Å². The number of hydrogen-bond acceptors (Lipinski definition) is 2. The summed E-state index contributed by atoms with van der Waals surface area (Å²) in [6.45, 7) is 0. The van der Waals surface area contributed by atoms with E-state index in [1.165, 1.54) is 24.5 Å². The van der Waals surface area contributed by atoms with Gasteiger partial charge in [-0.15, -0.1) is 0 Å². The lowest BCUT2D eigenvalue weighted by molar-refractivity contribution is 0.178. The van der Waals surface area contributed by atoms with Crippen molar-refractivity contribution in [3.05, 3.63) is 58.8 Å². The molecule has 0 aliphatic rings. The molecule has 0 saturated carbocycles. The number of aliphatic hydroxyl groups excluding tert-OH is 1. The zero-order chi connectivity index (χ0) is 11.5. The summed E-state index contributed by atoms with van der Waals surface area (Å²) in [4.78, 5) is 0. The van der Waals surface area contributed by atoms with Gasteiger partial charge in [-0.1, -0.05) is 17.7 Å². The highest BCUT2D eigenvalue weighted by Crippen LogP contribution is 2.26. The molecule has 0 saturated heterocycles. The van der Waals surface area contributed by atoms with E-state index in [2.05, 4.69) is 0 Å². The van der Waals surface area contributed by atoms with Gasteiger partial charge in [-0.25, -0.2) is 4.39 Å². The Balaban J connectivity index is 2.17. The van der Waals surface area contributed by atoms with Gasteiger partial charge >= 0.3 is 0 Å². The van der Waals surface area contributed by atoms with Crippen LogP contribution in [0.2, 0.25) is 5.02 Å². The lowest BCUT2D eigenvalue weighted by Crippen LogP contribution is -2.02. The number of rotatable bonds is 3. The third-order valence-corrected chi connectivity index (χ3v) is 2.66. The zero-order valence-corrected chi connectivity index (χ0v) is 9.12. The number of halogens is 2. The first-order chi connectivity index (χ1) is 7.66. The van der Waals surface area contributed by atoms with Crippen LogP contribution in [0.25, 0.3) is 0 Å². The molecule has 0 bridgehead atoms. The summed E-state index contributed by atoms with van der Waals surface area (Å²) in [5.74, 6) is -0.413. The fraction of sp³-hybridized carbons (Fsp3) is 0.167. The first-order valence-electron chi connectivity index (χ1n) is 4.81. The summed E-state index contributed by atoms with van der Waals surface area (Å²) in [6, 6.07) is 5.72. The molecule has 1 atom stereocenters. The van der Waals surface area contributed by atoms with E-state index in [9.17, 15) is 9.50 Å². The van der Waals surface area contributed by atoms with Crippen molar-refractivity contribution in [2.45, 2.75) is 12.5 Å². The molecule has 0 aliphatic carbocycles. The van der Waals surface area contributed by atoms with Gasteiger partial charge in [-0.2, -0.15) is 0 Å². The molecule has 2 rings (SSSR count). The summed E-state index contributed by atoms with van der Waals surface area (Å²) in [6.07, 6.45) is 2.72. The Kier molecular flexibility index (Phi) is 3.27. The lowest BCUT2D eigenvalue weighted by Gasteiger charge is -2.11. The molecule has 1 N–H and O–H groups in total. The van der Waals surface area contributed by atoms with Crippen LogP contribution >= 0.6 is 11.6 Å². The zero-order valence-electron chi connectivity index (χ0n) is 8.36. The fourth-order valence-electron chi connectivity index (χ4n) is 1.51. The van der Waals surface area contributed by atoms with Gasteiger partial charge in [0.25, 0.3) is 0 Å². The summed E-state index contributed by atoms with van der Waals surface area (Å²) < 4.78 is 17.7. The van der Waals surface area contributed by atoms with Crippen molar-refractivity contribution in [2.24, 2.45) is 0 Å². The molecule has 0 spiro atoms. The Morgan fingerprint density at radius 3 is 2.81 bits per heavy atom. The van der Waals surface area contributed by atoms with Gasteiger partial charge in [-0.05, 0) is 29.3 Å². The van der Waals surface area contributed by atoms with E-state index < -0.39 is 11.9 Å². The second-order valence-corrected chi connectivity index (χ2v) is 3.92. The van der Waals surface area contributed by atoms with Gasteiger partial charge in [0, 0.05) is 11.4 Å². The van der Waals surface area contributed by atoms with E-state index in [1.807, 2.05) is 0 Å². The van der Waals surface area contributed by atoms with Gasteiger partial charge in [0.1, 0.15) is 5.82 Å². The smallest absolute Gasteiger partial charge is 0.124 e. The standard InChI is InChI=1S/C12H10ClFO2/c13-11-6-9(14)1-2-10(11)12(15)5-8-3-4-16-7-8/h1-4,6-7,12,15H,5H2. The van der Waals surface area contributed by atoms with Crippen LogP contribution in [0.3, 0.4) is 0 Å². The third-order valence-electron chi connectivity index (χ3n) is 2.33. The molecular weight excluding hydrogens is 231 g/mol. The Morgan fingerprint density at radius 1 is 1.38 bits per heavy atom. The number of furan rings is 1. The highest BCUT2D eigenvalue weighted by atomic mass is 35.5. The molecule has 1 unspecified atom stereocenters. The van der Waals surface area contributed by atoms with Gasteiger partial charge < -0.3 is 9.52 Å². The minimum absolute atomic E-state index is 0.232. The Labute approximate surface area is 97.3 Å². The minimum atomic E-state index is -0.759. The summed E-state index contributed by atoms with van der Waals surface area (Å²) in [5.41, 5.74) is 1.39. The van der Waals surface area contributed by atoms with Crippen LogP contribution in [0.1, 0.15) is 17.2 Å². The topological polar surface area (TPSA) is 33.4 Å².